The van der Waals surface area contributed by atoms with Crippen LogP contribution < -0.4 is 4.74 Å². The summed E-state index contributed by atoms with van der Waals surface area (Å²) in [6, 6.07) is 5.75. The summed E-state index contributed by atoms with van der Waals surface area (Å²) in [6.45, 7) is 3.47. The van der Waals surface area contributed by atoms with E-state index in [1.807, 2.05) is 6.07 Å². The van der Waals surface area contributed by atoms with Crippen LogP contribution in [0.25, 0.3) is 0 Å². The smallest absolute Gasteiger partial charge is 0.312 e. The molecule has 0 radical (unpaired) electrons. The second kappa shape index (κ2) is 5.73. The van der Waals surface area contributed by atoms with Gasteiger partial charge in [0, 0.05) is 11.6 Å². The minimum atomic E-state index is -0.623. The third-order valence-electron chi connectivity index (χ3n) is 2.91. The molecule has 0 atom stereocenters. The van der Waals surface area contributed by atoms with Crippen molar-refractivity contribution in [3.05, 3.63) is 50.2 Å². The number of nitro groups is 1. The highest BCUT2D eigenvalue weighted by molar-refractivity contribution is 6.30. The van der Waals surface area contributed by atoms with Crippen LogP contribution in [0.5, 0.6) is 11.6 Å². The fourth-order valence-corrected chi connectivity index (χ4v) is 1.75. The van der Waals surface area contributed by atoms with Crippen molar-refractivity contribution in [2.75, 3.05) is 0 Å². The van der Waals surface area contributed by atoms with Crippen molar-refractivity contribution in [3.8, 4) is 17.7 Å². The van der Waals surface area contributed by atoms with Crippen molar-refractivity contribution in [1.29, 1.82) is 5.26 Å². The fraction of sp³-hybridized carbons (Fsp3) is 0.154. The first-order valence-corrected chi connectivity index (χ1v) is 6.17. The molecule has 0 unspecified atom stereocenters. The number of rotatable bonds is 3. The molecule has 0 amide bonds. The first-order valence-electron chi connectivity index (χ1n) is 5.79. The number of aromatic nitrogens is 2. The van der Waals surface area contributed by atoms with Gasteiger partial charge in [-0.1, -0.05) is 11.6 Å². The van der Waals surface area contributed by atoms with Crippen molar-refractivity contribution in [1.82, 2.24) is 10.2 Å². The molecule has 0 aliphatic rings. The molecule has 0 N–H and O–H groups in total. The second-order valence-corrected chi connectivity index (χ2v) is 4.56. The third-order valence-corrected chi connectivity index (χ3v) is 3.27. The van der Waals surface area contributed by atoms with E-state index >= 15 is 0 Å². The van der Waals surface area contributed by atoms with E-state index in [1.165, 1.54) is 12.1 Å². The Balaban J connectivity index is 2.47. The summed E-state index contributed by atoms with van der Waals surface area (Å²) in [5.74, 6) is 0.114. The topological polar surface area (TPSA) is 102 Å². The monoisotopic (exact) mass is 304 g/mol. The molecule has 21 heavy (non-hydrogen) atoms. The Hall–Kier alpha value is -2.72. The molecule has 0 saturated heterocycles. The predicted octanol–water partition coefficient (Wildman–Crippen LogP) is 3.32. The van der Waals surface area contributed by atoms with Crippen LogP contribution in [0.3, 0.4) is 0 Å². The Morgan fingerprint density at radius 1 is 1.33 bits per heavy atom. The van der Waals surface area contributed by atoms with E-state index in [0.29, 0.717) is 11.1 Å². The van der Waals surface area contributed by atoms with Crippen LogP contribution in [0.1, 0.15) is 16.7 Å². The normalized spacial score (nSPS) is 10.0. The lowest BCUT2D eigenvalue weighted by Gasteiger charge is -2.09. The van der Waals surface area contributed by atoms with Gasteiger partial charge >= 0.3 is 5.69 Å². The van der Waals surface area contributed by atoms with E-state index in [0.717, 1.165) is 6.07 Å². The summed E-state index contributed by atoms with van der Waals surface area (Å²) in [4.78, 5) is 10.4. The van der Waals surface area contributed by atoms with Gasteiger partial charge in [-0.05, 0) is 31.5 Å². The molecule has 8 heteroatoms. The molecule has 2 rings (SSSR count). The zero-order valence-electron chi connectivity index (χ0n) is 11.1. The average molecular weight is 305 g/mol. The Kier molecular flexibility index (Phi) is 4.00. The number of ether oxygens (including phenoxy) is 1. The highest BCUT2D eigenvalue weighted by Gasteiger charge is 2.19. The fourth-order valence-electron chi connectivity index (χ4n) is 1.57. The first kappa shape index (κ1) is 14.7. The predicted molar refractivity (Wildman–Crippen MR) is 74.4 cm³/mol. The van der Waals surface area contributed by atoms with Crippen molar-refractivity contribution >= 4 is 17.3 Å². The first-order chi connectivity index (χ1) is 9.93. The summed E-state index contributed by atoms with van der Waals surface area (Å²) in [5, 5.41) is 27.6. The van der Waals surface area contributed by atoms with Gasteiger partial charge in [-0.15, -0.1) is 10.2 Å². The zero-order chi connectivity index (χ0) is 15.6. The van der Waals surface area contributed by atoms with Gasteiger partial charge in [-0.25, -0.2) is 0 Å². The number of benzene rings is 1. The van der Waals surface area contributed by atoms with E-state index in [4.69, 9.17) is 21.6 Å². The summed E-state index contributed by atoms with van der Waals surface area (Å²) in [7, 11) is 0. The van der Waals surface area contributed by atoms with Gasteiger partial charge in [-0.3, -0.25) is 10.1 Å². The molecule has 7 nitrogen and oxygen atoms in total. The van der Waals surface area contributed by atoms with Crippen LogP contribution in [0.15, 0.2) is 18.2 Å². The number of hydrogen-bond acceptors (Lipinski definition) is 6. The molecule has 1 aromatic carbocycles. The summed E-state index contributed by atoms with van der Waals surface area (Å²) >= 11 is 5.84. The van der Waals surface area contributed by atoms with Crippen LogP contribution in [0.4, 0.5) is 5.69 Å². The van der Waals surface area contributed by atoms with E-state index in [-0.39, 0.29) is 28.0 Å². The van der Waals surface area contributed by atoms with Crippen LogP contribution in [-0.4, -0.2) is 15.1 Å². The zero-order valence-corrected chi connectivity index (χ0v) is 11.9. The molecule has 1 heterocycles. The molecule has 0 spiro atoms. The minimum absolute atomic E-state index is 0.0156. The second-order valence-electron chi connectivity index (χ2n) is 4.20. The van der Waals surface area contributed by atoms with Crippen molar-refractivity contribution in [2.45, 2.75) is 13.8 Å². The van der Waals surface area contributed by atoms with E-state index < -0.39 is 4.92 Å². The minimum Gasteiger partial charge on any atom is -0.430 e. The van der Waals surface area contributed by atoms with Gasteiger partial charge in [0.1, 0.15) is 0 Å². The highest BCUT2D eigenvalue weighted by Crippen LogP contribution is 2.33. The lowest BCUT2D eigenvalue weighted by molar-refractivity contribution is -0.385. The van der Waals surface area contributed by atoms with Gasteiger partial charge in [0.25, 0.3) is 0 Å². The molecule has 0 aliphatic carbocycles. The van der Waals surface area contributed by atoms with Crippen LogP contribution in [0.2, 0.25) is 5.15 Å². The Morgan fingerprint density at radius 3 is 2.67 bits per heavy atom. The Labute approximate surface area is 124 Å². The SMILES string of the molecule is Cc1c(Cl)nnc(Oc2ccc(C#N)cc2[N+](=O)[O-])c1C. The number of halogens is 1. The standard InChI is InChI=1S/C13H9ClN4O3/c1-7-8(2)13(17-16-12(7)14)21-11-4-3-9(6-15)5-10(11)18(19)20/h3-5H,1-2H3. The molecule has 0 aliphatic heterocycles. The highest BCUT2D eigenvalue weighted by atomic mass is 35.5. The van der Waals surface area contributed by atoms with Gasteiger partial charge in [-0.2, -0.15) is 5.26 Å². The van der Waals surface area contributed by atoms with Gasteiger partial charge in [0.15, 0.2) is 5.15 Å². The van der Waals surface area contributed by atoms with Crippen LogP contribution >= 0.6 is 11.6 Å². The maximum Gasteiger partial charge on any atom is 0.312 e. The number of hydrogen-bond donors (Lipinski definition) is 0. The van der Waals surface area contributed by atoms with Crippen molar-refractivity contribution < 1.29 is 9.66 Å². The summed E-state index contributed by atoms with van der Waals surface area (Å²) in [5.41, 5.74) is 1.17. The van der Waals surface area contributed by atoms with E-state index in [1.54, 1.807) is 13.8 Å². The molecule has 2 aromatic rings. The van der Waals surface area contributed by atoms with Crippen LogP contribution in [0, 0.1) is 35.3 Å². The van der Waals surface area contributed by atoms with E-state index in [9.17, 15) is 10.1 Å². The quantitative estimate of drug-likeness (QED) is 0.636. The maximum absolute atomic E-state index is 11.0. The molecule has 0 fully saturated rings. The molecule has 0 bridgehead atoms. The number of nitrogens with zero attached hydrogens (tertiary/aromatic N) is 4. The maximum atomic E-state index is 11.0. The van der Waals surface area contributed by atoms with Crippen molar-refractivity contribution in [2.24, 2.45) is 0 Å². The largest absolute Gasteiger partial charge is 0.430 e. The van der Waals surface area contributed by atoms with E-state index in [2.05, 4.69) is 10.2 Å². The van der Waals surface area contributed by atoms with Gasteiger partial charge in [0.05, 0.1) is 16.6 Å². The van der Waals surface area contributed by atoms with Crippen molar-refractivity contribution in [3.63, 3.8) is 0 Å². The molecule has 106 valence electrons. The van der Waals surface area contributed by atoms with Gasteiger partial charge in [0.2, 0.25) is 11.6 Å². The Morgan fingerprint density at radius 2 is 2.05 bits per heavy atom. The summed E-state index contributed by atoms with van der Waals surface area (Å²) in [6.07, 6.45) is 0. The third kappa shape index (κ3) is 2.90. The number of nitriles is 1. The molecule has 1 aromatic heterocycles. The molecular formula is C13H9ClN4O3. The van der Waals surface area contributed by atoms with Crippen LogP contribution in [-0.2, 0) is 0 Å². The van der Waals surface area contributed by atoms with Gasteiger partial charge < -0.3 is 4.74 Å². The molecular weight excluding hydrogens is 296 g/mol. The molecule has 0 saturated carbocycles. The Bertz CT molecular complexity index is 771. The number of nitro benzene ring substituents is 1. The lowest BCUT2D eigenvalue weighted by atomic mass is 10.2. The summed E-state index contributed by atoms with van der Waals surface area (Å²) < 4.78 is 5.45. The average Bonchev–Trinajstić information content (AvgIpc) is 2.48. The lowest BCUT2D eigenvalue weighted by Crippen LogP contribution is -2.00.